The van der Waals surface area contributed by atoms with E-state index in [2.05, 4.69) is 11.4 Å². The van der Waals surface area contributed by atoms with Crippen molar-refractivity contribution in [3.63, 3.8) is 0 Å². The Morgan fingerprint density at radius 2 is 2.12 bits per heavy atom. The van der Waals surface area contributed by atoms with Gasteiger partial charge in [-0.25, -0.2) is 4.79 Å². The Morgan fingerprint density at radius 3 is 2.80 bits per heavy atom. The molecule has 0 spiro atoms. The first-order valence-corrected chi connectivity index (χ1v) is 7.81. The molecule has 0 saturated heterocycles. The molecular formula is C18H20N2O5. The molecule has 7 nitrogen and oxygen atoms in total. The topological polar surface area (TPSA) is 97.7 Å². The van der Waals surface area contributed by atoms with Crippen LogP contribution in [-0.4, -0.2) is 30.8 Å². The lowest BCUT2D eigenvalue weighted by molar-refractivity contribution is -0.144. The Balaban J connectivity index is 1.84. The largest absolute Gasteiger partial charge is 0.454 e. The van der Waals surface area contributed by atoms with Gasteiger partial charge in [0, 0.05) is 6.08 Å². The van der Waals surface area contributed by atoms with Crippen molar-refractivity contribution in [3.05, 3.63) is 29.8 Å². The molecule has 0 aliphatic carbocycles. The highest BCUT2D eigenvalue weighted by atomic mass is 16.7. The lowest BCUT2D eigenvalue weighted by Crippen LogP contribution is -2.50. The summed E-state index contributed by atoms with van der Waals surface area (Å²) in [6, 6.07) is 7.31. The average molecular weight is 344 g/mol. The number of fused-ring (bicyclic) bond motifs is 1. The molecule has 132 valence electrons. The third-order valence-electron chi connectivity index (χ3n) is 3.94. The van der Waals surface area contributed by atoms with Gasteiger partial charge in [-0.3, -0.25) is 4.79 Å². The second kappa shape index (κ2) is 7.71. The summed E-state index contributed by atoms with van der Waals surface area (Å²) in [6.45, 7) is 5.00. The molecule has 1 atom stereocenters. The Hall–Kier alpha value is -3.01. The van der Waals surface area contributed by atoms with E-state index in [0.717, 1.165) is 5.56 Å². The van der Waals surface area contributed by atoms with Gasteiger partial charge < -0.3 is 19.5 Å². The van der Waals surface area contributed by atoms with Gasteiger partial charge in [0.25, 0.3) is 5.91 Å². The fourth-order valence-corrected chi connectivity index (χ4v) is 1.99. The molecule has 0 fully saturated rings. The molecule has 1 aromatic rings. The van der Waals surface area contributed by atoms with E-state index >= 15 is 0 Å². The van der Waals surface area contributed by atoms with Gasteiger partial charge in [-0.15, -0.1) is 0 Å². The maximum Gasteiger partial charge on any atom is 0.331 e. The maximum atomic E-state index is 11.8. The molecule has 2 rings (SSSR count). The molecule has 0 radical (unpaired) electrons. The maximum absolute atomic E-state index is 11.8. The van der Waals surface area contributed by atoms with Gasteiger partial charge in [0.15, 0.2) is 18.1 Å². The Labute approximate surface area is 146 Å². The van der Waals surface area contributed by atoms with Gasteiger partial charge in [0.2, 0.25) is 6.79 Å². The number of hydrogen-bond donors (Lipinski definition) is 1. The van der Waals surface area contributed by atoms with Crippen molar-refractivity contribution in [1.29, 1.82) is 5.26 Å². The smallest absolute Gasteiger partial charge is 0.331 e. The number of nitrogens with zero attached hydrogens (tertiary/aromatic N) is 1. The van der Waals surface area contributed by atoms with Gasteiger partial charge in [-0.1, -0.05) is 19.9 Å². The highest BCUT2D eigenvalue weighted by Gasteiger charge is 2.30. The van der Waals surface area contributed by atoms with Crippen molar-refractivity contribution in [2.24, 2.45) is 5.92 Å². The monoisotopic (exact) mass is 344 g/mol. The quantitative estimate of drug-likeness (QED) is 0.626. The number of nitrogens with one attached hydrogen (secondary N) is 1. The molecule has 0 aromatic heterocycles. The molecule has 1 heterocycles. The zero-order valence-electron chi connectivity index (χ0n) is 14.4. The lowest BCUT2D eigenvalue weighted by atomic mass is 9.90. The van der Waals surface area contributed by atoms with E-state index in [1.165, 1.54) is 6.08 Å². The predicted octanol–water partition coefficient (Wildman–Crippen LogP) is 2.03. The number of amides is 1. The summed E-state index contributed by atoms with van der Waals surface area (Å²) >= 11 is 0. The number of nitriles is 1. The summed E-state index contributed by atoms with van der Waals surface area (Å²) in [7, 11) is 0. The summed E-state index contributed by atoms with van der Waals surface area (Å²) in [6.07, 6.45) is 2.77. The minimum Gasteiger partial charge on any atom is -0.454 e. The normalized spacial score (nSPS) is 14.8. The van der Waals surface area contributed by atoms with Crippen molar-refractivity contribution in [2.45, 2.75) is 26.3 Å². The van der Waals surface area contributed by atoms with Gasteiger partial charge in [-0.2, -0.15) is 5.26 Å². The SMILES string of the molecule is CC(C)[C@@](C)(C#N)NC(=O)COC(=O)/C=C/c1ccc2c(c1)OCO2. The zero-order valence-corrected chi connectivity index (χ0v) is 14.4. The highest BCUT2D eigenvalue weighted by molar-refractivity contribution is 5.89. The van der Waals surface area contributed by atoms with Crippen LogP contribution in [0.5, 0.6) is 11.5 Å². The van der Waals surface area contributed by atoms with Crippen LogP contribution in [0.2, 0.25) is 0 Å². The Bertz CT molecular complexity index is 735. The Kier molecular flexibility index (Phi) is 5.65. The fourth-order valence-electron chi connectivity index (χ4n) is 1.99. The molecule has 0 unspecified atom stereocenters. The molecular weight excluding hydrogens is 324 g/mol. The van der Waals surface area contributed by atoms with Crippen LogP contribution < -0.4 is 14.8 Å². The summed E-state index contributed by atoms with van der Waals surface area (Å²) in [5, 5.41) is 11.7. The van der Waals surface area contributed by atoms with Crippen molar-refractivity contribution in [3.8, 4) is 17.6 Å². The van der Waals surface area contributed by atoms with E-state index in [0.29, 0.717) is 11.5 Å². The second-order valence-corrected chi connectivity index (χ2v) is 6.07. The number of benzene rings is 1. The van der Waals surface area contributed by atoms with E-state index in [4.69, 9.17) is 19.5 Å². The van der Waals surface area contributed by atoms with E-state index in [1.807, 2.05) is 13.8 Å². The molecule has 0 bridgehead atoms. The molecule has 1 aromatic carbocycles. The van der Waals surface area contributed by atoms with Crippen molar-refractivity contribution >= 4 is 18.0 Å². The Morgan fingerprint density at radius 1 is 1.40 bits per heavy atom. The first-order chi connectivity index (χ1) is 11.8. The summed E-state index contributed by atoms with van der Waals surface area (Å²) < 4.78 is 15.3. The second-order valence-electron chi connectivity index (χ2n) is 6.07. The minimum atomic E-state index is -1.01. The fraction of sp³-hybridized carbons (Fsp3) is 0.389. The number of hydrogen-bond acceptors (Lipinski definition) is 6. The summed E-state index contributed by atoms with van der Waals surface area (Å²) in [5.74, 6) is 0.00289. The van der Waals surface area contributed by atoms with Gasteiger partial charge in [0.05, 0.1) is 6.07 Å². The van der Waals surface area contributed by atoms with Gasteiger partial charge in [0.1, 0.15) is 5.54 Å². The van der Waals surface area contributed by atoms with Crippen LogP contribution in [0, 0.1) is 17.2 Å². The number of rotatable bonds is 6. The molecule has 7 heteroatoms. The molecule has 1 aliphatic heterocycles. The van der Waals surface area contributed by atoms with Gasteiger partial charge >= 0.3 is 5.97 Å². The standard InChI is InChI=1S/C18H20N2O5/c1-12(2)18(3,10-19)20-16(21)9-23-17(22)7-5-13-4-6-14-15(8-13)25-11-24-14/h4-8,12H,9,11H2,1-3H3,(H,20,21)/b7-5+/t18-/m1/s1. The zero-order chi connectivity index (χ0) is 18.4. The number of esters is 1. The minimum absolute atomic E-state index is 0.0805. The average Bonchev–Trinajstić information content (AvgIpc) is 3.05. The number of carbonyl (C=O) groups is 2. The molecule has 25 heavy (non-hydrogen) atoms. The predicted molar refractivity (Wildman–Crippen MR) is 89.6 cm³/mol. The molecule has 1 amide bonds. The number of carbonyl (C=O) groups excluding carboxylic acids is 2. The summed E-state index contributed by atoms with van der Waals surface area (Å²) in [4.78, 5) is 23.5. The van der Waals surface area contributed by atoms with Crippen LogP contribution in [0.4, 0.5) is 0 Å². The van der Waals surface area contributed by atoms with Crippen LogP contribution in [-0.2, 0) is 14.3 Å². The van der Waals surface area contributed by atoms with Crippen LogP contribution in [0.25, 0.3) is 6.08 Å². The molecule has 1 N–H and O–H groups in total. The highest BCUT2D eigenvalue weighted by Crippen LogP contribution is 2.32. The third kappa shape index (κ3) is 4.73. The van der Waals surface area contributed by atoms with E-state index in [9.17, 15) is 9.59 Å². The lowest BCUT2D eigenvalue weighted by Gasteiger charge is -2.27. The first-order valence-electron chi connectivity index (χ1n) is 7.81. The van der Waals surface area contributed by atoms with E-state index in [1.54, 1.807) is 31.2 Å². The van der Waals surface area contributed by atoms with Crippen molar-refractivity contribution in [2.75, 3.05) is 13.4 Å². The first kappa shape index (κ1) is 18.3. The van der Waals surface area contributed by atoms with E-state index < -0.39 is 24.0 Å². The summed E-state index contributed by atoms with van der Waals surface area (Å²) in [5.41, 5.74) is -0.270. The van der Waals surface area contributed by atoms with Crippen molar-refractivity contribution in [1.82, 2.24) is 5.32 Å². The van der Waals surface area contributed by atoms with Crippen LogP contribution >= 0.6 is 0 Å². The van der Waals surface area contributed by atoms with Gasteiger partial charge in [-0.05, 0) is 36.6 Å². The van der Waals surface area contributed by atoms with Crippen molar-refractivity contribution < 1.29 is 23.8 Å². The van der Waals surface area contributed by atoms with Crippen LogP contribution in [0.15, 0.2) is 24.3 Å². The van der Waals surface area contributed by atoms with Crippen LogP contribution in [0.3, 0.4) is 0 Å². The molecule has 1 aliphatic rings. The van der Waals surface area contributed by atoms with Crippen LogP contribution in [0.1, 0.15) is 26.3 Å². The van der Waals surface area contributed by atoms with E-state index in [-0.39, 0.29) is 12.7 Å². The molecule has 0 saturated carbocycles. The number of ether oxygens (including phenoxy) is 3. The third-order valence-corrected chi connectivity index (χ3v) is 3.94.